The predicted molar refractivity (Wildman–Crippen MR) is 96.7 cm³/mol. The second-order valence-corrected chi connectivity index (χ2v) is 7.81. The number of likely N-dealkylation sites (tertiary alicyclic amines) is 1. The van der Waals surface area contributed by atoms with Crippen molar-refractivity contribution >= 4 is 17.7 Å². The first-order valence-electron chi connectivity index (χ1n) is 9.29. The Bertz CT molecular complexity index is 739. The molecule has 0 spiro atoms. The second kappa shape index (κ2) is 6.38. The minimum Gasteiger partial charge on any atom is -0.349 e. The number of hydrogen-bond acceptors (Lipinski definition) is 3. The molecule has 0 unspecified atom stereocenters. The highest BCUT2D eigenvalue weighted by Gasteiger charge is 2.58. The first kappa shape index (κ1) is 17.0. The normalized spacial score (nSPS) is 30.5. The Morgan fingerprint density at radius 1 is 1.04 bits per heavy atom. The molecule has 2 bridgehead atoms. The van der Waals surface area contributed by atoms with Crippen molar-refractivity contribution in [3.63, 3.8) is 0 Å². The Hall–Kier alpha value is -2.43. The lowest BCUT2D eigenvalue weighted by molar-refractivity contribution is -0.144. The summed E-state index contributed by atoms with van der Waals surface area (Å²) in [6, 6.07) is 8.91. The standard InChI is InChI=1S/C21H24N2O3/c1-22(2)17(24)12-16(13-6-4-3-5-7-13)23-20(25)18-14-8-9-15(11-10-14)19(18)21(23)26/h3-9,14-16,18-19H,10-12H2,1-2H3/t14-,15-,16-,18-,19+/m0/s1. The fraction of sp³-hybridized carbons (Fsp3) is 0.476. The summed E-state index contributed by atoms with van der Waals surface area (Å²) in [7, 11) is 3.39. The van der Waals surface area contributed by atoms with E-state index in [-0.39, 0.29) is 47.8 Å². The van der Waals surface area contributed by atoms with E-state index in [9.17, 15) is 14.4 Å². The highest BCUT2D eigenvalue weighted by Crippen LogP contribution is 2.51. The van der Waals surface area contributed by atoms with Gasteiger partial charge in [-0.15, -0.1) is 0 Å². The van der Waals surface area contributed by atoms with E-state index in [1.54, 1.807) is 14.1 Å². The third-order valence-corrected chi connectivity index (χ3v) is 6.16. The lowest BCUT2D eigenvalue weighted by Crippen LogP contribution is -2.38. The molecule has 1 aromatic carbocycles. The van der Waals surface area contributed by atoms with Crippen molar-refractivity contribution in [1.29, 1.82) is 0 Å². The van der Waals surface area contributed by atoms with E-state index >= 15 is 0 Å². The summed E-state index contributed by atoms with van der Waals surface area (Å²) in [5.41, 5.74) is 0.836. The maximum Gasteiger partial charge on any atom is 0.234 e. The number of rotatable bonds is 4. The number of carbonyl (C=O) groups is 3. The van der Waals surface area contributed by atoms with Crippen LogP contribution in [0.2, 0.25) is 0 Å². The monoisotopic (exact) mass is 352 g/mol. The lowest BCUT2D eigenvalue weighted by atomic mass is 9.63. The summed E-state index contributed by atoms with van der Waals surface area (Å²) in [5, 5.41) is 0. The van der Waals surface area contributed by atoms with E-state index in [0.717, 1.165) is 18.4 Å². The van der Waals surface area contributed by atoms with E-state index in [0.29, 0.717) is 0 Å². The van der Waals surface area contributed by atoms with Gasteiger partial charge in [-0.3, -0.25) is 19.3 Å². The molecular formula is C21H24N2O3. The van der Waals surface area contributed by atoms with E-state index in [1.807, 2.05) is 30.3 Å². The van der Waals surface area contributed by atoms with Gasteiger partial charge in [-0.2, -0.15) is 0 Å². The Morgan fingerprint density at radius 3 is 2.04 bits per heavy atom. The van der Waals surface area contributed by atoms with Crippen LogP contribution in [0, 0.1) is 23.7 Å². The van der Waals surface area contributed by atoms with Gasteiger partial charge in [0.2, 0.25) is 17.7 Å². The first-order chi connectivity index (χ1) is 12.5. The maximum absolute atomic E-state index is 13.3. The van der Waals surface area contributed by atoms with Gasteiger partial charge in [0.1, 0.15) is 0 Å². The Balaban J connectivity index is 1.71. The molecule has 2 fully saturated rings. The lowest BCUT2D eigenvalue weighted by Gasteiger charge is -2.38. The van der Waals surface area contributed by atoms with Crippen LogP contribution in [0.4, 0.5) is 0 Å². The van der Waals surface area contributed by atoms with Gasteiger partial charge in [0.05, 0.1) is 24.3 Å². The van der Waals surface area contributed by atoms with Crippen LogP contribution in [0.25, 0.3) is 0 Å². The first-order valence-corrected chi connectivity index (χ1v) is 9.29. The molecule has 5 rings (SSSR count). The van der Waals surface area contributed by atoms with Crippen LogP contribution in [0.15, 0.2) is 42.5 Å². The summed E-state index contributed by atoms with van der Waals surface area (Å²) in [6.07, 6.45) is 6.30. The number of hydrogen-bond donors (Lipinski definition) is 0. The summed E-state index contributed by atoms with van der Waals surface area (Å²) in [4.78, 5) is 41.8. The SMILES string of the molecule is CN(C)C(=O)C[C@@H](c1ccccc1)N1C(=O)[C@@H]2[C@H](C1=O)[C@H]1C=C[C@H]2CC1. The van der Waals surface area contributed by atoms with Gasteiger partial charge < -0.3 is 4.90 Å². The Kier molecular flexibility index (Phi) is 4.17. The molecule has 0 radical (unpaired) electrons. The van der Waals surface area contributed by atoms with Crippen LogP contribution >= 0.6 is 0 Å². The highest BCUT2D eigenvalue weighted by molar-refractivity contribution is 6.06. The molecule has 1 aliphatic heterocycles. The van der Waals surface area contributed by atoms with Gasteiger partial charge >= 0.3 is 0 Å². The van der Waals surface area contributed by atoms with E-state index in [4.69, 9.17) is 0 Å². The third kappa shape index (κ3) is 2.57. The van der Waals surface area contributed by atoms with Crippen LogP contribution in [0.5, 0.6) is 0 Å². The quantitative estimate of drug-likeness (QED) is 0.618. The summed E-state index contributed by atoms with van der Waals surface area (Å²) < 4.78 is 0. The molecule has 136 valence electrons. The Morgan fingerprint density at radius 2 is 1.58 bits per heavy atom. The van der Waals surface area contributed by atoms with Crippen LogP contribution in [0.1, 0.15) is 30.9 Å². The van der Waals surface area contributed by atoms with Crippen molar-refractivity contribution in [2.45, 2.75) is 25.3 Å². The molecule has 5 atom stereocenters. The third-order valence-electron chi connectivity index (χ3n) is 6.16. The number of allylic oxidation sites excluding steroid dienone is 2. The molecule has 4 aliphatic rings. The van der Waals surface area contributed by atoms with Gasteiger partial charge in [0, 0.05) is 14.1 Å². The molecule has 1 heterocycles. The molecule has 26 heavy (non-hydrogen) atoms. The zero-order valence-corrected chi connectivity index (χ0v) is 15.2. The van der Waals surface area contributed by atoms with Crippen molar-refractivity contribution in [2.75, 3.05) is 14.1 Å². The molecule has 1 saturated heterocycles. The number of carbonyl (C=O) groups excluding carboxylic acids is 3. The topological polar surface area (TPSA) is 57.7 Å². The molecule has 1 saturated carbocycles. The number of benzene rings is 1. The van der Waals surface area contributed by atoms with Crippen LogP contribution in [-0.2, 0) is 14.4 Å². The molecule has 0 aromatic heterocycles. The summed E-state index contributed by atoms with van der Waals surface area (Å²) >= 11 is 0. The molecule has 1 aromatic rings. The van der Waals surface area contributed by atoms with Crippen molar-refractivity contribution in [3.8, 4) is 0 Å². The zero-order valence-electron chi connectivity index (χ0n) is 15.2. The minimum absolute atomic E-state index is 0.0876. The Labute approximate surface area is 153 Å². The minimum atomic E-state index is -0.531. The summed E-state index contributed by atoms with van der Waals surface area (Å²) in [6.45, 7) is 0. The largest absolute Gasteiger partial charge is 0.349 e. The molecule has 5 nitrogen and oxygen atoms in total. The zero-order chi connectivity index (χ0) is 18.4. The molecule has 5 heteroatoms. The van der Waals surface area contributed by atoms with E-state index in [1.165, 1.54) is 9.80 Å². The van der Waals surface area contributed by atoms with E-state index < -0.39 is 6.04 Å². The van der Waals surface area contributed by atoms with Crippen LogP contribution < -0.4 is 0 Å². The fourth-order valence-corrected chi connectivity index (χ4v) is 4.79. The molecule has 0 N–H and O–H groups in total. The van der Waals surface area contributed by atoms with Gasteiger partial charge in [0.15, 0.2) is 0 Å². The number of amides is 3. The van der Waals surface area contributed by atoms with Gasteiger partial charge in [-0.25, -0.2) is 0 Å². The molecule has 3 aliphatic carbocycles. The number of nitrogens with zero attached hydrogens (tertiary/aromatic N) is 2. The van der Waals surface area contributed by atoms with Gasteiger partial charge in [0.25, 0.3) is 0 Å². The van der Waals surface area contributed by atoms with Crippen LogP contribution in [0.3, 0.4) is 0 Å². The van der Waals surface area contributed by atoms with Crippen molar-refractivity contribution in [1.82, 2.24) is 9.80 Å². The molecular weight excluding hydrogens is 328 g/mol. The van der Waals surface area contributed by atoms with E-state index in [2.05, 4.69) is 12.2 Å². The van der Waals surface area contributed by atoms with Crippen molar-refractivity contribution < 1.29 is 14.4 Å². The molecule has 3 amide bonds. The van der Waals surface area contributed by atoms with Gasteiger partial charge in [-0.1, -0.05) is 42.5 Å². The average molecular weight is 352 g/mol. The fourth-order valence-electron chi connectivity index (χ4n) is 4.79. The van der Waals surface area contributed by atoms with Crippen molar-refractivity contribution in [3.05, 3.63) is 48.0 Å². The van der Waals surface area contributed by atoms with Gasteiger partial charge in [-0.05, 0) is 30.2 Å². The smallest absolute Gasteiger partial charge is 0.234 e. The summed E-state index contributed by atoms with van der Waals surface area (Å²) in [5.74, 6) is -0.451. The number of fused-ring (bicyclic) bond motifs is 1. The maximum atomic E-state index is 13.3. The second-order valence-electron chi connectivity index (χ2n) is 7.81. The van der Waals surface area contributed by atoms with Crippen LogP contribution in [-0.4, -0.2) is 41.6 Å². The predicted octanol–water partition coefficient (Wildman–Crippen LogP) is 2.40. The van der Waals surface area contributed by atoms with Crippen molar-refractivity contribution in [2.24, 2.45) is 23.7 Å². The highest BCUT2D eigenvalue weighted by atomic mass is 16.2. The number of imide groups is 1. The average Bonchev–Trinajstić information content (AvgIpc) is 2.94.